The fourth-order valence-corrected chi connectivity index (χ4v) is 5.57. The molecular formula is C28H32N2S. The summed E-state index contributed by atoms with van der Waals surface area (Å²) in [5.74, 6) is 0. The minimum absolute atomic E-state index is 0.0532. The van der Waals surface area contributed by atoms with E-state index in [9.17, 15) is 0 Å². The fourth-order valence-electron chi connectivity index (χ4n) is 4.13. The Hall–Kier alpha value is -2.52. The number of aryl methyl sites for hydroxylation is 1. The van der Waals surface area contributed by atoms with Crippen LogP contribution in [0.5, 0.6) is 0 Å². The predicted molar refractivity (Wildman–Crippen MR) is 135 cm³/mol. The van der Waals surface area contributed by atoms with Crippen LogP contribution in [0.25, 0.3) is 32.6 Å². The lowest BCUT2D eigenvalue weighted by atomic mass is 9.82. The third kappa shape index (κ3) is 4.72. The predicted octanol–water partition coefficient (Wildman–Crippen LogP) is 8.22. The van der Waals surface area contributed by atoms with Gasteiger partial charge in [0.2, 0.25) is 0 Å². The Kier molecular flexibility index (Phi) is 5.51. The van der Waals surface area contributed by atoms with Crippen LogP contribution in [0.15, 0.2) is 54.9 Å². The number of benzene rings is 2. The molecule has 0 fully saturated rings. The molecular weight excluding hydrogens is 396 g/mol. The third-order valence-electron chi connectivity index (χ3n) is 5.54. The van der Waals surface area contributed by atoms with E-state index in [-0.39, 0.29) is 10.8 Å². The summed E-state index contributed by atoms with van der Waals surface area (Å²) in [4.78, 5) is 12.0. The molecule has 3 heteroatoms. The summed E-state index contributed by atoms with van der Waals surface area (Å²) in [5, 5.41) is 2.57. The highest BCUT2D eigenvalue weighted by molar-refractivity contribution is 7.15. The fraction of sp³-hybridized carbons (Fsp3) is 0.357. The highest BCUT2D eigenvalue weighted by atomic mass is 32.1. The van der Waals surface area contributed by atoms with Gasteiger partial charge in [-0.15, -0.1) is 11.3 Å². The number of aromatic nitrogens is 2. The minimum atomic E-state index is 0.0532. The molecule has 0 bridgehead atoms. The van der Waals surface area contributed by atoms with E-state index in [4.69, 9.17) is 0 Å². The molecule has 2 aromatic carbocycles. The lowest BCUT2D eigenvalue weighted by molar-refractivity contribution is 0.414. The van der Waals surface area contributed by atoms with E-state index in [2.05, 4.69) is 107 Å². The monoisotopic (exact) mass is 428 g/mol. The maximum Gasteiger partial charge on any atom is 0.116 e. The standard InChI is InChI=1S/C28H32N2S/c1-18-12-21(16-27(2,3)4)31-26(18)25-15-24(29-17-30-25)20-13-19-10-8-9-11-22(19)23(14-20)28(5,6)7/h8-15,17H,16H2,1-7H3. The third-order valence-corrected chi connectivity index (χ3v) is 6.80. The SMILES string of the molecule is Cc1cc(CC(C)(C)C)sc1-c1cc(-c2cc(C(C)(C)C)c3ccccc3c2)ncn1. The molecule has 2 aromatic heterocycles. The van der Waals surface area contributed by atoms with Crippen LogP contribution < -0.4 is 0 Å². The van der Waals surface area contributed by atoms with Gasteiger partial charge in [-0.3, -0.25) is 0 Å². The molecule has 0 saturated heterocycles. The maximum atomic E-state index is 4.65. The molecule has 4 rings (SSSR count). The molecule has 0 aliphatic rings. The van der Waals surface area contributed by atoms with E-state index in [0.717, 1.165) is 23.4 Å². The highest BCUT2D eigenvalue weighted by Gasteiger charge is 2.20. The Balaban J connectivity index is 1.80. The van der Waals surface area contributed by atoms with Crippen molar-refractivity contribution < 1.29 is 0 Å². The van der Waals surface area contributed by atoms with Crippen LogP contribution in [0.1, 0.15) is 57.5 Å². The minimum Gasteiger partial charge on any atom is -0.236 e. The number of rotatable bonds is 3. The highest BCUT2D eigenvalue weighted by Crippen LogP contribution is 2.37. The van der Waals surface area contributed by atoms with Crippen molar-refractivity contribution in [2.24, 2.45) is 5.41 Å². The average Bonchev–Trinajstić information content (AvgIpc) is 3.04. The van der Waals surface area contributed by atoms with Gasteiger partial charge in [-0.25, -0.2) is 9.97 Å². The van der Waals surface area contributed by atoms with Crippen molar-refractivity contribution >= 4 is 22.1 Å². The van der Waals surface area contributed by atoms with Crippen LogP contribution in [0.3, 0.4) is 0 Å². The van der Waals surface area contributed by atoms with Gasteiger partial charge in [0.25, 0.3) is 0 Å². The van der Waals surface area contributed by atoms with Crippen molar-refractivity contribution in [3.8, 4) is 21.8 Å². The van der Waals surface area contributed by atoms with E-state index < -0.39 is 0 Å². The van der Waals surface area contributed by atoms with Gasteiger partial charge >= 0.3 is 0 Å². The summed E-state index contributed by atoms with van der Waals surface area (Å²) in [6, 6.07) is 17.7. The van der Waals surface area contributed by atoms with Gasteiger partial charge in [0.15, 0.2) is 0 Å². The number of thiophene rings is 1. The lowest BCUT2D eigenvalue weighted by Gasteiger charge is -2.22. The molecule has 0 radical (unpaired) electrons. The summed E-state index contributed by atoms with van der Waals surface area (Å²) < 4.78 is 0. The molecule has 2 heterocycles. The number of hydrogen-bond donors (Lipinski definition) is 0. The van der Waals surface area contributed by atoms with Crippen LogP contribution in [0.2, 0.25) is 0 Å². The molecule has 0 saturated carbocycles. The summed E-state index contributed by atoms with van der Waals surface area (Å²) >= 11 is 1.86. The van der Waals surface area contributed by atoms with Crippen molar-refractivity contribution in [2.45, 2.75) is 60.3 Å². The van der Waals surface area contributed by atoms with Gasteiger partial charge in [0.05, 0.1) is 16.3 Å². The average molecular weight is 429 g/mol. The quantitative estimate of drug-likeness (QED) is 0.328. The van der Waals surface area contributed by atoms with Crippen LogP contribution in [-0.2, 0) is 11.8 Å². The van der Waals surface area contributed by atoms with Crippen molar-refractivity contribution in [3.63, 3.8) is 0 Å². The topological polar surface area (TPSA) is 25.8 Å². The van der Waals surface area contributed by atoms with E-state index >= 15 is 0 Å². The van der Waals surface area contributed by atoms with Crippen molar-refractivity contribution in [1.29, 1.82) is 0 Å². The number of hydrogen-bond acceptors (Lipinski definition) is 3. The molecule has 4 aromatic rings. The maximum absolute atomic E-state index is 4.65. The Morgan fingerprint density at radius 1 is 0.839 bits per heavy atom. The van der Waals surface area contributed by atoms with E-state index in [1.807, 2.05) is 11.3 Å². The normalized spacial score (nSPS) is 12.5. The Morgan fingerprint density at radius 3 is 2.26 bits per heavy atom. The molecule has 0 unspecified atom stereocenters. The van der Waals surface area contributed by atoms with E-state index in [1.165, 1.54) is 31.7 Å². The number of nitrogens with zero attached hydrogens (tertiary/aromatic N) is 2. The largest absolute Gasteiger partial charge is 0.236 e. The summed E-state index contributed by atoms with van der Waals surface area (Å²) in [6.45, 7) is 15.9. The first-order chi connectivity index (χ1) is 14.5. The van der Waals surface area contributed by atoms with E-state index in [0.29, 0.717) is 0 Å². The summed E-state index contributed by atoms with van der Waals surface area (Å²) in [7, 11) is 0. The zero-order valence-electron chi connectivity index (χ0n) is 19.7. The molecule has 0 N–H and O–H groups in total. The van der Waals surface area contributed by atoms with Crippen LogP contribution in [0.4, 0.5) is 0 Å². The Labute approximate surface area is 190 Å². The van der Waals surface area contributed by atoms with E-state index in [1.54, 1.807) is 6.33 Å². The molecule has 0 amide bonds. The second-order valence-electron chi connectivity index (χ2n) is 10.7. The molecule has 31 heavy (non-hydrogen) atoms. The van der Waals surface area contributed by atoms with Crippen molar-refractivity contribution in [2.75, 3.05) is 0 Å². The Morgan fingerprint density at radius 2 is 1.55 bits per heavy atom. The second kappa shape index (κ2) is 7.87. The first kappa shape index (κ1) is 21.7. The van der Waals surface area contributed by atoms with Gasteiger partial charge in [-0.1, -0.05) is 65.8 Å². The van der Waals surface area contributed by atoms with Crippen LogP contribution >= 0.6 is 11.3 Å². The smallest absolute Gasteiger partial charge is 0.116 e. The van der Waals surface area contributed by atoms with Crippen LogP contribution in [0, 0.1) is 12.3 Å². The van der Waals surface area contributed by atoms with Gasteiger partial charge in [0.1, 0.15) is 6.33 Å². The lowest BCUT2D eigenvalue weighted by Crippen LogP contribution is -2.12. The van der Waals surface area contributed by atoms with Gasteiger partial charge in [-0.05, 0) is 70.3 Å². The molecule has 0 aliphatic heterocycles. The molecule has 2 nitrogen and oxygen atoms in total. The van der Waals surface area contributed by atoms with Crippen molar-refractivity contribution in [3.05, 3.63) is 70.9 Å². The molecule has 0 aliphatic carbocycles. The summed E-state index contributed by atoms with van der Waals surface area (Å²) in [5.41, 5.74) is 6.11. The summed E-state index contributed by atoms with van der Waals surface area (Å²) in [6.07, 6.45) is 2.79. The zero-order chi connectivity index (χ0) is 22.4. The zero-order valence-corrected chi connectivity index (χ0v) is 20.5. The molecule has 160 valence electrons. The second-order valence-corrected chi connectivity index (χ2v) is 11.9. The van der Waals surface area contributed by atoms with Gasteiger partial charge in [-0.2, -0.15) is 0 Å². The molecule has 0 atom stereocenters. The number of fused-ring (bicyclic) bond motifs is 1. The van der Waals surface area contributed by atoms with Gasteiger partial charge in [0, 0.05) is 10.4 Å². The van der Waals surface area contributed by atoms with Crippen molar-refractivity contribution in [1.82, 2.24) is 9.97 Å². The molecule has 0 spiro atoms. The Bertz CT molecular complexity index is 1240. The van der Waals surface area contributed by atoms with Crippen LogP contribution in [-0.4, -0.2) is 9.97 Å². The van der Waals surface area contributed by atoms with Gasteiger partial charge < -0.3 is 0 Å². The first-order valence-corrected chi connectivity index (χ1v) is 11.8. The first-order valence-electron chi connectivity index (χ1n) is 11.0.